The van der Waals surface area contributed by atoms with Crippen molar-refractivity contribution in [2.45, 2.75) is 0 Å². The van der Waals surface area contributed by atoms with Crippen molar-refractivity contribution >= 4 is 54.4 Å². The highest BCUT2D eigenvalue weighted by atomic mass is 15.0. The number of rotatable bonds is 6. The van der Waals surface area contributed by atoms with Crippen LogP contribution in [0.1, 0.15) is 0 Å². The molecule has 0 aliphatic carbocycles. The molecular formula is C55H35N5. The molecule has 0 saturated heterocycles. The van der Waals surface area contributed by atoms with Crippen molar-refractivity contribution in [2.24, 2.45) is 0 Å². The van der Waals surface area contributed by atoms with Crippen LogP contribution in [0.2, 0.25) is 0 Å². The molecule has 0 unspecified atom stereocenters. The minimum Gasteiger partial charge on any atom is -0.309 e. The summed E-state index contributed by atoms with van der Waals surface area (Å²) in [6, 6.07) is 75.0. The second-order valence-corrected chi connectivity index (χ2v) is 15.2. The molecule has 12 aromatic rings. The Morgan fingerprint density at radius 1 is 0.300 bits per heavy atom. The first-order valence-electron chi connectivity index (χ1n) is 20.3. The van der Waals surface area contributed by atoms with Gasteiger partial charge in [0.1, 0.15) is 0 Å². The number of para-hydroxylation sites is 3. The lowest BCUT2D eigenvalue weighted by atomic mass is 10.0. The van der Waals surface area contributed by atoms with E-state index in [-0.39, 0.29) is 0 Å². The lowest BCUT2D eigenvalue weighted by molar-refractivity contribution is 1.08. The first kappa shape index (κ1) is 33.9. The summed E-state index contributed by atoms with van der Waals surface area (Å²) < 4.78 is 4.84. The quantitative estimate of drug-likeness (QED) is 0.169. The van der Waals surface area contributed by atoms with Crippen LogP contribution in [0.5, 0.6) is 0 Å². The molecule has 0 spiro atoms. The standard InChI is InChI=1S/C55H35N5/c1-4-15-36(16-5-1)37-27-29-39(30-28-37)54-56-53(38-17-6-2-7-18-38)57-55(58-54)46-24-14-19-40-35-42(31-32-43(40)46)59-49-26-13-11-23-47(49)51-50(59)34-33-45-44-22-10-12-25-48(44)60(52(45)51)41-20-8-3-9-21-41/h1-35H. The van der Waals surface area contributed by atoms with Crippen LogP contribution in [0, 0.1) is 0 Å². The van der Waals surface area contributed by atoms with E-state index in [1.807, 2.05) is 24.3 Å². The molecule has 0 radical (unpaired) electrons. The average molecular weight is 766 g/mol. The van der Waals surface area contributed by atoms with Crippen LogP contribution in [-0.2, 0) is 0 Å². The highest BCUT2D eigenvalue weighted by molar-refractivity contribution is 6.26. The van der Waals surface area contributed by atoms with Crippen LogP contribution in [0.15, 0.2) is 212 Å². The van der Waals surface area contributed by atoms with E-state index < -0.39 is 0 Å². The van der Waals surface area contributed by atoms with E-state index in [0.717, 1.165) is 55.4 Å². The second kappa shape index (κ2) is 13.8. The Balaban J connectivity index is 1.04. The van der Waals surface area contributed by atoms with E-state index in [0.29, 0.717) is 17.5 Å². The SMILES string of the molecule is c1ccc(-c2ccc(-c3nc(-c4ccccc4)nc(-c4cccc5cc(-n6c7ccccc7c7c6ccc6c8ccccc8n(-c8ccccc8)c67)ccc45)n3)cc2)cc1. The smallest absolute Gasteiger partial charge is 0.164 e. The molecule has 5 heteroatoms. The summed E-state index contributed by atoms with van der Waals surface area (Å²) in [5.41, 5.74) is 12.1. The summed E-state index contributed by atoms with van der Waals surface area (Å²) in [7, 11) is 0. The maximum Gasteiger partial charge on any atom is 0.164 e. The summed E-state index contributed by atoms with van der Waals surface area (Å²) >= 11 is 0. The summed E-state index contributed by atoms with van der Waals surface area (Å²) in [5.74, 6) is 1.91. The topological polar surface area (TPSA) is 48.5 Å². The van der Waals surface area contributed by atoms with Gasteiger partial charge in [0, 0.05) is 49.6 Å². The molecule has 0 saturated carbocycles. The summed E-state index contributed by atoms with van der Waals surface area (Å²) in [6.07, 6.45) is 0. The highest BCUT2D eigenvalue weighted by Gasteiger charge is 2.21. The van der Waals surface area contributed by atoms with Crippen molar-refractivity contribution in [2.75, 3.05) is 0 Å². The average Bonchev–Trinajstić information content (AvgIpc) is 3.85. The van der Waals surface area contributed by atoms with Crippen molar-refractivity contribution in [3.05, 3.63) is 212 Å². The molecule has 0 atom stereocenters. The van der Waals surface area contributed by atoms with E-state index in [9.17, 15) is 0 Å². The molecule has 0 fully saturated rings. The van der Waals surface area contributed by atoms with Crippen molar-refractivity contribution in [3.8, 4) is 56.7 Å². The molecule has 280 valence electrons. The van der Waals surface area contributed by atoms with E-state index in [4.69, 9.17) is 15.0 Å². The van der Waals surface area contributed by atoms with Crippen molar-refractivity contribution in [1.82, 2.24) is 24.1 Å². The van der Waals surface area contributed by atoms with Crippen LogP contribution < -0.4 is 0 Å². The zero-order valence-corrected chi connectivity index (χ0v) is 32.4. The van der Waals surface area contributed by atoms with Gasteiger partial charge in [-0.25, -0.2) is 15.0 Å². The fourth-order valence-corrected chi connectivity index (χ4v) is 9.02. The van der Waals surface area contributed by atoms with E-state index in [2.05, 4.69) is 197 Å². The van der Waals surface area contributed by atoms with Crippen LogP contribution in [0.25, 0.3) is 111 Å². The van der Waals surface area contributed by atoms with Crippen molar-refractivity contribution in [1.29, 1.82) is 0 Å². The molecule has 3 heterocycles. The Labute approximate surface area is 346 Å². The van der Waals surface area contributed by atoms with E-state index in [1.54, 1.807) is 0 Å². The van der Waals surface area contributed by atoms with E-state index >= 15 is 0 Å². The fourth-order valence-electron chi connectivity index (χ4n) is 9.02. The van der Waals surface area contributed by atoms with Crippen LogP contribution in [0.3, 0.4) is 0 Å². The Bertz CT molecular complexity index is 3570. The molecule has 9 aromatic carbocycles. The molecule has 0 amide bonds. The van der Waals surface area contributed by atoms with Gasteiger partial charge < -0.3 is 9.13 Å². The van der Waals surface area contributed by atoms with Gasteiger partial charge in [-0.15, -0.1) is 0 Å². The predicted molar refractivity (Wildman–Crippen MR) is 248 cm³/mol. The normalized spacial score (nSPS) is 11.7. The maximum absolute atomic E-state index is 5.16. The zero-order chi connectivity index (χ0) is 39.6. The monoisotopic (exact) mass is 765 g/mol. The van der Waals surface area contributed by atoms with Gasteiger partial charge in [0.05, 0.1) is 22.1 Å². The third-order valence-corrected chi connectivity index (χ3v) is 11.8. The first-order valence-corrected chi connectivity index (χ1v) is 20.3. The Hall–Kier alpha value is -8.15. The molecule has 0 bridgehead atoms. The number of nitrogens with zero attached hydrogens (tertiary/aromatic N) is 5. The summed E-state index contributed by atoms with van der Waals surface area (Å²) in [6.45, 7) is 0. The number of hydrogen-bond acceptors (Lipinski definition) is 3. The minimum atomic E-state index is 0.636. The van der Waals surface area contributed by atoms with Gasteiger partial charge in [0.15, 0.2) is 17.5 Å². The van der Waals surface area contributed by atoms with Crippen molar-refractivity contribution in [3.63, 3.8) is 0 Å². The maximum atomic E-state index is 5.16. The van der Waals surface area contributed by atoms with E-state index in [1.165, 1.54) is 38.1 Å². The Kier molecular flexibility index (Phi) is 7.78. The summed E-state index contributed by atoms with van der Waals surface area (Å²) in [4.78, 5) is 15.3. The molecule has 0 N–H and O–H groups in total. The lowest BCUT2D eigenvalue weighted by Crippen LogP contribution is -2.01. The number of benzene rings is 9. The van der Waals surface area contributed by atoms with Gasteiger partial charge in [-0.3, -0.25) is 0 Å². The van der Waals surface area contributed by atoms with Gasteiger partial charge in [0.25, 0.3) is 0 Å². The lowest BCUT2D eigenvalue weighted by Gasteiger charge is -2.13. The fraction of sp³-hybridized carbons (Fsp3) is 0. The number of aromatic nitrogens is 5. The Morgan fingerprint density at radius 2 is 0.850 bits per heavy atom. The van der Waals surface area contributed by atoms with Gasteiger partial charge >= 0.3 is 0 Å². The molecule has 5 nitrogen and oxygen atoms in total. The summed E-state index contributed by atoms with van der Waals surface area (Å²) in [5, 5.41) is 7.12. The molecular weight excluding hydrogens is 731 g/mol. The third-order valence-electron chi connectivity index (χ3n) is 11.8. The van der Waals surface area contributed by atoms with Gasteiger partial charge in [-0.2, -0.15) is 0 Å². The molecule has 60 heavy (non-hydrogen) atoms. The molecule has 0 aliphatic heterocycles. The predicted octanol–water partition coefficient (Wildman–Crippen LogP) is 13.9. The minimum absolute atomic E-state index is 0.636. The van der Waals surface area contributed by atoms with Crippen LogP contribution >= 0.6 is 0 Å². The van der Waals surface area contributed by atoms with Crippen molar-refractivity contribution < 1.29 is 0 Å². The largest absolute Gasteiger partial charge is 0.309 e. The van der Waals surface area contributed by atoms with Crippen LogP contribution in [-0.4, -0.2) is 24.1 Å². The van der Waals surface area contributed by atoms with Gasteiger partial charge in [0.2, 0.25) is 0 Å². The molecule has 0 aliphatic rings. The Morgan fingerprint density at radius 3 is 1.58 bits per heavy atom. The van der Waals surface area contributed by atoms with Gasteiger partial charge in [-0.05, 0) is 64.4 Å². The van der Waals surface area contributed by atoms with Gasteiger partial charge in [-0.1, -0.05) is 170 Å². The number of fused-ring (bicyclic) bond motifs is 8. The first-order chi connectivity index (χ1) is 29.8. The highest BCUT2D eigenvalue weighted by Crippen LogP contribution is 2.42. The van der Waals surface area contributed by atoms with Crippen LogP contribution in [0.4, 0.5) is 0 Å². The number of hydrogen-bond donors (Lipinski definition) is 0. The third kappa shape index (κ3) is 5.44. The second-order valence-electron chi connectivity index (χ2n) is 15.2. The molecule has 12 rings (SSSR count). The molecule has 3 aromatic heterocycles. The zero-order valence-electron chi connectivity index (χ0n) is 32.4.